The molecule has 0 heterocycles. The van der Waals surface area contributed by atoms with Crippen LogP contribution in [-0.4, -0.2) is 34.7 Å². The summed E-state index contributed by atoms with van der Waals surface area (Å²) in [6.45, 7) is 4.04. The molecule has 0 aromatic heterocycles. The highest BCUT2D eigenvalue weighted by molar-refractivity contribution is 7.89. The number of sulfonamides is 1. The van der Waals surface area contributed by atoms with E-state index in [2.05, 4.69) is 4.72 Å². The first kappa shape index (κ1) is 17.7. The average molecular weight is 316 g/mol. The molecule has 0 aliphatic rings. The van der Waals surface area contributed by atoms with E-state index in [1.165, 1.54) is 20.3 Å². The highest BCUT2D eigenvalue weighted by atomic mass is 32.2. The summed E-state index contributed by atoms with van der Waals surface area (Å²) in [5, 5.41) is 0. The maximum absolute atomic E-state index is 12.5. The van der Waals surface area contributed by atoms with Crippen molar-refractivity contribution in [1.82, 2.24) is 4.72 Å². The van der Waals surface area contributed by atoms with Crippen LogP contribution in [0.2, 0.25) is 0 Å². The predicted molar refractivity (Wildman–Crippen MR) is 82.2 cm³/mol. The van der Waals surface area contributed by atoms with E-state index >= 15 is 0 Å². The molecule has 21 heavy (non-hydrogen) atoms. The highest BCUT2D eigenvalue weighted by Crippen LogP contribution is 2.28. The van der Waals surface area contributed by atoms with Gasteiger partial charge in [0.1, 0.15) is 16.4 Å². The molecule has 120 valence electrons. The molecule has 0 aliphatic carbocycles. The molecule has 0 saturated carbocycles. The van der Waals surface area contributed by atoms with Gasteiger partial charge in [-0.05, 0) is 25.0 Å². The van der Waals surface area contributed by atoms with Gasteiger partial charge in [-0.2, -0.15) is 0 Å². The second-order valence-electron chi connectivity index (χ2n) is 4.91. The van der Waals surface area contributed by atoms with Gasteiger partial charge in [0.15, 0.2) is 0 Å². The summed E-state index contributed by atoms with van der Waals surface area (Å²) in [5.41, 5.74) is 5.57. The van der Waals surface area contributed by atoms with E-state index in [-0.39, 0.29) is 17.2 Å². The van der Waals surface area contributed by atoms with Crippen molar-refractivity contribution in [1.29, 1.82) is 0 Å². The third-order valence-corrected chi connectivity index (χ3v) is 5.11. The SMILES string of the molecule is CCC(N)(CC)CNS(=O)(=O)c1cc(OC)ccc1OC. The van der Waals surface area contributed by atoms with Gasteiger partial charge in [-0.25, -0.2) is 13.1 Å². The summed E-state index contributed by atoms with van der Waals surface area (Å²) >= 11 is 0. The Bertz CT molecular complexity index is 568. The molecule has 1 rings (SSSR count). The molecule has 0 radical (unpaired) electrons. The number of nitrogens with one attached hydrogen (secondary N) is 1. The van der Waals surface area contributed by atoms with Crippen molar-refractivity contribution in [2.45, 2.75) is 37.1 Å². The van der Waals surface area contributed by atoms with Crippen molar-refractivity contribution in [3.63, 3.8) is 0 Å². The second-order valence-corrected chi connectivity index (χ2v) is 6.65. The van der Waals surface area contributed by atoms with Crippen LogP contribution in [0.25, 0.3) is 0 Å². The fourth-order valence-electron chi connectivity index (χ4n) is 1.81. The van der Waals surface area contributed by atoms with Gasteiger partial charge in [0.2, 0.25) is 10.0 Å². The van der Waals surface area contributed by atoms with E-state index in [1.807, 2.05) is 13.8 Å². The van der Waals surface area contributed by atoms with E-state index < -0.39 is 15.6 Å². The fourth-order valence-corrected chi connectivity index (χ4v) is 3.13. The maximum atomic E-state index is 12.5. The second kappa shape index (κ2) is 7.11. The van der Waals surface area contributed by atoms with Gasteiger partial charge in [0, 0.05) is 18.2 Å². The van der Waals surface area contributed by atoms with Crippen LogP contribution >= 0.6 is 0 Å². The quantitative estimate of drug-likeness (QED) is 0.758. The smallest absolute Gasteiger partial charge is 0.244 e. The monoisotopic (exact) mass is 316 g/mol. The molecule has 0 amide bonds. The third-order valence-electron chi connectivity index (χ3n) is 3.68. The summed E-state index contributed by atoms with van der Waals surface area (Å²) in [4.78, 5) is 0.0407. The Morgan fingerprint density at radius 3 is 2.29 bits per heavy atom. The van der Waals surface area contributed by atoms with Crippen molar-refractivity contribution in [3.8, 4) is 11.5 Å². The van der Waals surface area contributed by atoms with Gasteiger partial charge in [-0.1, -0.05) is 13.8 Å². The molecular formula is C14H24N2O4S. The standard InChI is InChI=1S/C14H24N2O4S/c1-5-14(15,6-2)10-16-21(17,18)13-9-11(19-3)7-8-12(13)20-4/h7-9,16H,5-6,10,15H2,1-4H3. The molecular weight excluding hydrogens is 292 g/mol. The molecule has 0 atom stereocenters. The largest absolute Gasteiger partial charge is 0.497 e. The Kier molecular flexibility index (Phi) is 6.00. The minimum atomic E-state index is -3.72. The maximum Gasteiger partial charge on any atom is 0.244 e. The van der Waals surface area contributed by atoms with E-state index in [4.69, 9.17) is 15.2 Å². The summed E-state index contributed by atoms with van der Waals surface area (Å²) < 4.78 is 37.6. The van der Waals surface area contributed by atoms with E-state index in [0.29, 0.717) is 18.6 Å². The molecule has 0 bridgehead atoms. The summed E-state index contributed by atoms with van der Waals surface area (Å²) in [6.07, 6.45) is 1.36. The Morgan fingerprint density at radius 1 is 1.19 bits per heavy atom. The van der Waals surface area contributed by atoms with Crippen LogP contribution in [0, 0.1) is 0 Å². The molecule has 0 spiro atoms. The predicted octanol–water partition coefficient (Wildman–Crippen LogP) is 1.50. The zero-order valence-corrected chi connectivity index (χ0v) is 13.8. The average Bonchev–Trinajstić information content (AvgIpc) is 2.52. The first-order valence-corrected chi connectivity index (χ1v) is 8.30. The van der Waals surface area contributed by atoms with Gasteiger partial charge in [-0.15, -0.1) is 0 Å². The van der Waals surface area contributed by atoms with Crippen LogP contribution in [-0.2, 0) is 10.0 Å². The van der Waals surface area contributed by atoms with Crippen LogP contribution in [0.3, 0.4) is 0 Å². The Labute approximate surface area is 126 Å². The Hall–Kier alpha value is -1.31. The van der Waals surface area contributed by atoms with Crippen molar-refractivity contribution in [2.75, 3.05) is 20.8 Å². The number of methoxy groups -OCH3 is 2. The lowest BCUT2D eigenvalue weighted by Gasteiger charge is -2.26. The van der Waals surface area contributed by atoms with Gasteiger partial charge in [0.05, 0.1) is 14.2 Å². The van der Waals surface area contributed by atoms with Crippen LogP contribution in [0.4, 0.5) is 0 Å². The molecule has 0 unspecified atom stereocenters. The van der Waals surface area contributed by atoms with E-state index in [1.54, 1.807) is 12.1 Å². The van der Waals surface area contributed by atoms with Crippen molar-refractivity contribution < 1.29 is 17.9 Å². The minimum absolute atomic E-state index is 0.0407. The first-order valence-electron chi connectivity index (χ1n) is 6.82. The summed E-state index contributed by atoms with van der Waals surface area (Å²) in [6, 6.07) is 4.63. The van der Waals surface area contributed by atoms with Crippen LogP contribution in [0.1, 0.15) is 26.7 Å². The summed E-state index contributed by atoms with van der Waals surface area (Å²) in [5.74, 6) is 0.708. The number of hydrogen-bond donors (Lipinski definition) is 2. The molecule has 0 saturated heterocycles. The fraction of sp³-hybridized carbons (Fsp3) is 0.571. The normalized spacial score (nSPS) is 12.2. The minimum Gasteiger partial charge on any atom is -0.497 e. The zero-order valence-electron chi connectivity index (χ0n) is 13.0. The van der Waals surface area contributed by atoms with Gasteiger partial charge in [0.25, 0.3) is 0 Å². The van der Waals surface area contributed by atoms with Gasteiger partial charge >= 0.3 is 0 Å². The van der Waals surface area contributed by atoms with E-state index in [9.17, 15) is 8.42 Å². The van der Waals surface area contributed by atoms with Crippen LogP contribution in [0.5, 0.6) is 11.5 Å². The number of nitrogens with two attached hydrogens (primary N) is 1. The molecule has 3 N–H and O–H groups in total. The first-order chi connectivity index (χ1) is 9.81. The summed E-state index contributed by atoms with van der Waals surface area (Å²) in [7, 11) is -0.824. The zero-order chi connectivity index (χ0) is 16.1. The van der Waals surface area contributed by atoms with E-state index in [0.717, 1.165) is 0 Å². The van der Waals surface area contributed by atoms with Crippen molar-refractivity contribution in [2.24, 2.45) is 5.73 Å². The topological polar surface area (TPSA) is 90.7 Å². The number of ether oxygens (including phenoxy) is 2. The molecule has 0 fully saturated rings. The lowest BCUT2D eigenvalue weighted by Crippen LogP contribution is -2.49. The Balaban J connectivity index is 3.07. The van der Waals surface area contributed by atoms with Gasteiger partial charge in [-0.3, -0.25) is 0 Å². The lowest BCUT2D eigenvalue weighted by atomic mass is 9.95. The number of hydrogen-bond acceptors (Lipinski definition) is 5. The molecule has 7 heteroatoms. The van der Waals surface area contributed by atoms with Crippen molar-refractivity contribution >= 4 is 10.0 Å². The van der Waals surface area contributed by atoms with Crippen LogP contribution in [0.15, 0.2) is 23.1 Å². The molecule has 1 aromatic carbocycles. The van der Waals surface area contributed by atoms with Gasteiger partial charge < -0.3 is 15.2 Å². The molecule has 6 nitrogen and oxygen atoms in total. The Morgan fingerprint density at radius 2 is 1.81 bits per heavy atom. The molecule has 0 aliphatic heterocycles. The van der Waals surface area contributed by atoms with Crippen molar-refractivity contribution in [3.05, 3.63) is 18.2 Å². The van der Waals surface area contributed by atoms with Crippen LogP contribution < -0.4 is 19.9 Å². The molecule has 1 aromatic rings. The highest BCUT2D eigenvalue weighted by Gasteiger charge is 2.26. The third kappa shape index (κ3) is 4.33. The number of rotatable bonds is 8. The number of benzene rings is 1. The lowest BCUT2D eigenvalue weighted by molar-refractivity contribution is 0.385.